The lowest BCUT2D eigenvalue weighted by atomic mass is 10.2. The number of thioether (sulfide) groups is 3. The third-order valence-corrected chi connectivity index (χ3v) is 10.4. The van der Waals surface area contributed by atoms with E-state index in [9.17, 15) is 8.42 Å². The highest BCUT2D eigenvalue weighted by Crippen LogP contribution is 2.45. The van der Waals surface area contributed by atoms with Gasteiger partial charge < -0.3 is 4.90 Å². The normalized spacial score (nSPS) is 14.6. The van der Waals surface area contributed by atoms with E-state index in [-0.39, 0.29) is 4.90 Å². The van der Waals surface area contributed by atoms with Crippen molar-refractivity contribution in [2.45, 2.75) is 25.8 Å². The molecule has 180 valence electrons. The SMILES string of the molecule is CSC1Sc2ccccc2N1C.CSc1nc2ccccc2s1.Cc1ccc(S(=O)(=O)O)cc1. The number of aryl methyl sites for hydroxylation is 1. The van der Waals surface area contributed by atoms with Gasteiger partial charge in [0.25, 0.3) is 10.1 Å². The number of hydrogen-bond donors (Lipinski definition) is 1. The summed E-state index contributed by atoms with van der Waals surface area (Å²) in [4.78, 5) is 8.07. The molecule has 1 aliphatic heterocycles. The van der Waals surface area contributed by atoms with E-state index < -0.39 is 10.1 Å². The van der Waals surface area contributed by atoms with Crippen molar-refractivity contribution < 1.29 is 13.0 Å². The number of aromatic nitrogens is 1. The van der Waals surface area contributed by atoms with Crippen molar-refractivity contribution in [2.75, 3.05) is 24.5 Å². The van der Waals surface area contributed by atoms with Crippen LogP contribution in [0.5, 0.6) is 0 Å². The highest BCUT2D eigenvalue weighted by atomic mass is 32.2. The summed E-state index contributed by atoms with van der Waals surface area (Å²) < 4.78 is 32.5. The summed E-state index contributed by atoms with van der Waals surface area (Å²) in [5.41, 5.74) is 3.43. The lowest BCUT2D eigenvalue weighted by Gasteiger charge is -2.18. The molecule has 1 unspecified atom stereocenters. The van der Waals surface area contributed by atoms with Crippen LogP contribution in [0.25, 0.3) is 10.2 Å². The monoisotopic (exact) mass is 550 g/mol. The molecule has 3 aromatic carbocycles. The molecule has 4 aromatic rings. The Labute approximate surface area is 218 Å². The van der Waals surface area contributed by atoms with E-state index in [2.05, 4.69) is 59.8 Å². The number of rotatable bonds is 3. The smallest absolute Gasteiger partial charge is 0.294 e. The van der Waals surface area contributed by atoms with Gasteiger partial charge in [-0.05, 0) is 55.8 Å². The largest absolute Gasteiger partial charge is 0.353 e. The number of benzene rings is 3. The van der Waals surface area contributed by atoms with Crippen molar-refractivity contribution in [3.05, 3.63) is 78.4 Å². The molecule has 0 amide bonds. The first-order valence-corrected chi connectivity index (χ1v) is 15.8. The molecule has 1 atom stereocenters. The first kappa shape index (κ1) is 26.9. The van der Waals surface area contributed by atoms with Crippen LogP contribution in [0.2, 0.25) is 0 Å². The standard InChI is InChI=1S/C9H11NS2.C8H7NS2.C7H8O3S/c1-10-7-5-3-4-6-8(7)12-9(10)11-2;1-10-8-9-6-4-2-3-5-7(6)11-8;1-6-2-4-7(5-3-6)11(8,9)10/h3-6,9H,1-2H3;2-5H,1H3;2-5H,1H3,(H,8,9,10). The first-order chi connectivity index (χ1) is 16.2. The fourth-order valence-corrected chi connectivity index (χ4v) is 7.08. The number of fused-ring (bicyclic) bond motifs is 2. The van der Waals surface area contributed by atoms with Crippen LogP contribution in [0.1, 0.15) is 5.56 Å². The lowest BCUT2D eigenvalue weighted by Crippen LogP contribution is -2.20. The van der Waals surface area contributed by atoms with Crippen molar-refractivity contribution in [1.29, 1.82) is 0 Å². The molecule has 5 rings (SSSR count). The maximum atomic E-state index is 10.5. The zero-order valence-electron chi connectivity index (χ0n) is 19.2. The molecule has 0 saturated heterocycles. The average molecular weight is 551 g/mol. The quantitative estimate of drug-likeness (QED) is 0.213. The summed E-state index contributed by atoms with van der Waals surface area (Å²) in [7, 11) is -1.87. The fourth-order valence-electron chi connectivity index (χ4n) is 3.00. The zero-order chi connectivity index (χ0) is 24.7. The molecule has 0 spiro atoms. The number of thiazole rings is 1. The van der Waals surface area contributed by atoms with E-state index in [1.54, 1.807) is 35.2 Å². The second-order valence-electron chi connectivity index (χ2n) is 7.18. The lowest BCUT2D eigenvalue weighted by molar-refractivity contribution is 0.483. The molecule has 0 bridgehead atoms. The molecule has 0 radical (unpaired) electrons. The average Bonchev–Trinajstić information content (AvgIpc) is 3.40. The summed E-state index contributed by atoms with van der Waals surface area (Å²) in [5, 5.41) is 0. The van der Waals surface area contributed by atoms with Gasteiger partial charge in [-0.2, -0.15) is 8.42 Å². The molecule has 5 nitrogen and oxygen atoms in total. The minimum atomic E-state index is -4.02. The van der Waals surface area contributed by atoms with Crippen molar-refractivity contribution in [2.24, 2.45) is 0 Å². The molecule has 34 heavy (non-hydrogen) atoms. The molecular weight excluding hydrogens is 525 g/mol. The molecule has 2 heterocycles. The van der Waals surface area contributed by atoms with Crippen LogP contribution in [0.15, 0.2) is 86.9 Å². The Balaban J connectivity index is 0.000000143. The van der Waals surface area contributed by atoms with Crippen LogP contribution in [-0.4, -0.2) is 42.2 Å². The fraction of sp³-hybridized carbons (Fsp3) is 0.208. The Morgan fingerprint density at radius 1 is 0.971 bits per heavy atom. The molecule has 1 N–H and O–H groups in total. The van der Waals surface area contributed by atoms with Gasteiger partial charge in [-0.1, -0.05) is 65.5 Å². The van der Waals surface area contributed by atoms with Crippen molar-refractivity contribution in [1.82, 2.24) is 4.98 Å². The van der Waals surface area contributed by atoms with E-state index in [1.165, 1.54) is 27.4 Å². The van der Waals surface area contributed by atoms with Crippen LogP contribution in [0, 0.1) is 6.92 Å². The van der Waals surface area contributed by atoms with E-state index in [4.69, 9.17) is 4.55 Å². The summed E-state index contributed by atoms with van der Waals surface area (Å²) in [6.07, 6.45) is 4.21. The number of para-hydroxylation sites is 2. The Morgan fingerprint density at radius 2 is 1.62 bits per heavy atom. The third kappa shape index (κ3) is 7.16. The van der Waals surface area contributed by atoms with Crippen LogP contribution in [0.3, 0.4) is 0 Å². The molecule has 1 aliphatic rings. The van der Waals surface area contributed by atoms with Gasteiger partial charge in [-0.25, -0.2) is 4.98 Å². The van der Waals surface area contributed by atoms with E-state index in [0.717, 1.165) is 15.4 Å². The van der Waals surface area contributed by atoms with Gasteiger partial charge in [-0.3, -0.25) is 4.55 Å². The maximum absolute atomic E-state index is 10.5. The molecule has 1 aromatic heterocycles. The van der Waals surface area contributed by atoms with E-state index in [1.807, 2.05) is 48.6 Å². The molecule has 10 heteroatoms. The molecule has 0 saturated carbocycles. The minimum absolute atomic E-state index is 0.0666. The van der Waals surface area contributed by atoms with Gasteiger partial charge in [0, 0.05) is 11.9 Å². The predicted octanol–water partition coefficient (Wildman–Crippen LogP) is 7.14. The topological polar surface area (TPSA) is 70.5 Å². The highest BCUT2D eigenvalue weighted by molar-refractivity contribution is 8.17. The van der Waals surface area contributed by atoms with Crippen LogP contribution in [-0.2, 0) is 10.1 Å². The second-order valence-corrected chi connectivity index (χ2v) is 13.0. The second kappa shape index (κ2) is 12.3. The van der Waals surface area contributed by atoms with Crippen LogP contribution >= 0.6 is 46.6 Å². The van der Waals surface area contributed by atoms with Crippen LogP contribution < -0.4 is 4.90 Å². The summed E-state index contributed by atoms with van der Waals surface area (Å²) in [5.74, 6) is 0. The highest BCUT2D eigenvalue weighted by Gasteiger charge is 2.25. The Hall–Kier alpha value is -1.69. The third-order valence-electron chi connectivity index (χ3n) is 4.76. The van der Waals surface area contributed by atoms with Gasteiger partial charge in [0.15, 0.2) is 4.34 Å². The van der Waals surface area contributed by atoms with Crippen molar-refractivity contribution in [3.63, 3.8) is 0 Å². The molecule has 0 fully saturated rings. The van der Waals surface area contributed by atoms with E-state index in [0.29, 0.717) is 4.71 Å². The van der Waals surface area contributed by atoms with Gasteiger partial charge >= 0.3 is 0 Å². The summed E-state index contributed by atoms with van der Waals surface area (Å²) in [6, 6.07) is 22.8. The van der Waals surface area contributed by atoms with Gasteiger partial charge in [0.2, 0.25) is 0 Å². The van der Waals surface area contributed by atoms with E-state index >= 15 is 0 Å². The Bertz CT molecular complexity index is 1290. The molecular formula is C24H26N2O3S5. The van der Waals surface area contributed by atoms with Crippen LogP contribution in [0.4, 0.5) is 5.69 Å². The summed E-state index contributed by atoms with van der Waals surface area (Å²) in [6.45, 7) is 1.84. The van der Waals surface area contributed by atoms with Gasteiger partial charge in [-0.15, -0.1) is 23.1 Å². The molecule has 0 aliphatic carbocycles. The minimum Gasteiger partial charge on any atom is -0.353 e. The Morgan fingerprint density at radius 3 is 2.21 bits per heavy atom. The van der Waals surface area contributed by atoms with Gasteiger partial charge in [0.05, 0.1) is 20.8 Å². The van der Waals surface area contributed by atoms with Crippen molar-refractivity contribution >= 4 is 72.6 Å². The Kier molecular flexibility index (Phi) is 9.75. The first-order valence-electron chi connectivity index (χ1n) is 10.2. The maximum Gasteiger partial charge on any atom is 0.294 e. The summed E-state index contributed by atoms with van der Waals surface area (Å²) >= 11 is 7.27. The number of hydrogen-bond acceptors (Lipinski definition) is 8. The predicted molar refractivity (Wildman–Crippen MR) is 150 cm³/mol. The zero-order valence-corrected chi connectivity index (χ0v) is 23.3. The van der Waals surface area contributed by atoms with Gasteiger partial charge in [0.1, 0.15) is 4.71 Å². The number of nitrogens with zero attached hydrogens (tertiary/aromatic N) is 2. The number of anilines is 1. The van der Waals surface area contributed by atoms with Crippen molar-refractivity contribution in [3.8, 4) is 0 Å².